The fourth-order valence-electron chi connectivity index (χ4n) is 2.29. The molecule has 1 amide bonds. The molecule has 1 aliphatic carbocycles. The third kappa shape index (κ3) is 6.36. The summed E-state index contributed by atoms with van der Waals surface area (Å²) in [4.78, 5) is 14.4. The summed E-state index contributed by atoms with van der Waals surface area (Å²) in [5, 5.41) is 3.00. The number of hydrogen-bond donors (Lipinski definition) is 2. The highest BCUT2D eigenvalue weighted by molar-refractivity contribution is 5.77. The molecule has 1 rings (SSSR count). The van der Waals surface area contributed by atoms with Crippen molar-refractivity contribution >= 4 is 5.91 Å². The van der Waals surface area contributed by atoms with Gasteiger partial charge < -0.3 is 15.8 Å². The first-order valence-corrected chi connectivity index (χ1v) is 7.13. The van der Waals surface area contributed by atoms with Crippen LogP contribution in [0.25, 0.3) is 0 Å². The maximum atomic E-state index is 12.0. The molecule has 1 aliphatic rings. The number of methoxy groups -OCH3 is 1. The predicted octanol–water partition coefficient (Wildman–Crippen LogP) is 0.729. The van der Waals surface area contributed by atoms with E-state index in [4.69, 9.17) is 10.5 Å². The van der Waals surface area contributed by atoms with Gasteiger partial charge in [-0.15, -0.1) is 0 Å². The van der Waals surface area contributed by atoms with Crippen LogP contribution in [0.2, 0.25) is 0 Å². The van der Waals surface area contributed by atoms with Crippen molar-refractivity contribution in [2.45, 2.75) is 57.7 Å². The lowest BCUT2D eigenvalue weighted by molar-refractivity contribution is -0.123. The second-order valence-electron chi connectivity index (χ2n) is 6.35. The maximum absolute atomic E-state index is 12.0. The minimum Gasteiger partial charge on any atom is -0.383 e. The Morgan fingerprint density at radius 1 is 1.47 bits per heavy atom. The molecule has 0 aromatic rings. The van der Waals surface area contributed by atoms with E-state index >= 15 is 0 Å². The molecule has 5 heteroatoms. The zero-order chi connectivity index (χ0) is 14.5. The van der Waals surface area contributed by atoms with Gasteiger partial charge in [0.25, 0.3) is 0 Å². The zero-order valence-electron chi connectivity index (χ0n) is 12.7. The fraction of sp³-hybridized carbons (Fsp3) is 0.929. The highest BCUT2D eigenvalue weighted by atomic mass is 16.5. The van der Waals surface area contributed by atoms with Crippen LogP contribution in [0.3, 0.4) is 0 Å². The van der Waals surface area contributed by atoms with Crippen LogP contribution in [-0.4, -0.2) is 55.2 Å². The first-order valence-electron chi connectivity index (χ1n) is 7.13. The second-order valence-corrected chi connectivity index (χ2v) is 6.35. The molecule has 0 aromatic heterocycles. The lowest BCUT2D eigenvalue weighted by Gasteiger charge is -2.31. The summed E-state index contributed by atoms with van der Waals surface area (Å²) in [7, 11) is 1.70. The number of hydrogen-bond acceptors (Lipinski definition) is 4. The van der Waals surface area contributed by atoms with E-state index in [0.29, 0.717) is 25.6 Å². The molecule has 5 nitrogen and oxygen atoms in total. The minimum absolute atomic E-state index is 0.0750. The van der Waals surface area contributed by atoms with E-state index in [1.807, 2.05) is 20.8 Å². The number of nitrogens with one attached hydrogen (secondary N) is 1. The Labute approximate surface area is 116 Å². The average Bonchev–Trinajstić information content (AvgIpc) is 3.09. The SMILES string of the molecule is COCCN(C1CC1)C(CN)CC(=O)NC(C)(C)C. The van der Waals surface area contributed by atoms with Gasteiger partial charge >= 0.3 is 0 Å². The molecule has 19 heavy (non-hydrogen) atoms. The molecule has 0 heterocycles. The predicted molar refractivity (Wildman–Crippen MR) is 77.0 cm³/mol. The number of rotatable bonds is 8. The lowest BCUT2D eigenvalue weighted by atomic mass is 10.1. The molecule has 3 N–H and O–H groups in total. The molecular formula is C14H29N3O2. The molecular weight excluding hydrogens is 242 g/mol. The normalized spacial score (nSPS) is 17.6. The number of nitrogens with two attached hydrogens (primary N) is 1. The van der Waals surface area contributed by atoms with E-state index in [9.17, 15) is 4.79 Å². The van der Waals surface area contributed by atoms with Crippen LogP contribution in [-0.2, 0) is 9.53 Å². The summed E-state index contributed by atoms with van der Waals surface area (Å²) in [6.45, 7) is 8.03. The topological polar surface area (TPSA) is 67.6 Å². The lowest BCUT2D eigenvalue weighted by Crippen LogP contribution is -2.49. The van der Waals surface area contributed by atoms with Crippen molar-refractivity contribution in [2.75, 3.05) is 26.8 Å². The van der Waals surface area contributed by atoms with Gasteiger partial charge in [-0.05, 0) is 33.6 Å². The number of amides is 1. The van der Waals surface area contributed by atoms with Gasteiger partial charge in [0, 0.05) is 44.2 Å². The summed E-state index contributed by atoms with van der Waals surface area (Å²) in [5.41, 5.74) is 5.67. The molecule has 0 saturated heterocycles. The number of ether oxygens (including phenoxy) is 1. The molecule has 112 valence electrons. The van der Waals surface area contributed by atoms with Crippen molar-refractivity contribution in [1.82, 2.24) is 10.2 Å². The van der Waals surface area contributed by atoms with Crippen LogP contribution < -0.4 is 11.1 Å². The number of nitrogens with zero attached hydrogens (tertiary/aromatic N) is 1. The number of carbonyl (C=O) groups excluding carboxylic acids is 1. The molecule has 0 radical (unpaired) electrons. The smallest absolute Gasteiger partial charge is 0.222 e. The largest absolute Gasteiger partial charge is 0.383 e. The van der Waals surface area contributed by atoms with Crippen molar-refractivity contribution in [1.29, 1.82) is 0 Å². The van der Waals surface area contributed by atoms with Crippen LogP contribution in [0, 0.1) is 0 Å². The van der Waals surface area contributed by atoms with Crippen LogP contribution in [0.15, 0.2) is 0 Å². The Hall–Kier alpha value is -0.650. The third-order valence-electron chi connectivity index (χ3n) is 3.25. The Kier molecular flexibility index (Phi) is 6.23. The van der Waals surface area contributed by atoms with E-state index in [2.05, 4.69) is 10.2 Å². The standard InChI is InChI=1S/C14H29N3O2/c1-14(2,3)16-13(18)9-12(10-15)17(7-8-19-4)11-5-6-11/h11-12H,5-10,15H2,1-4H3,(H,16,18). The summed E-state index contributed by atoms with van der Waals surface area (Å²) >= 11 is 0. The molecule has 1 unspecified atom stereocenters. The monoisotopic (exact) mass is 271 g/mol. The van der Waals surface area contributed by atoms with Gasteiger partial charge in [-0.1, -0.05) is 0 Å². The summed E-state index contributed by atoms with van der Waals surface area (Å²) in [6, 6.07) is 0.705. The second kappa shape index (κ2) is 7.22. The quantitative estimate of drug-likeness (QED) is 0.683. The van der Waals surface area contributed by atoms with Gasteiger partial charge in [0.2, 0.25) is 5.91 Å². The van der Waals surface area contributed by atoms with E-state index in [1.165, 1.54) is 12.8 Å². The Morgan fingerprint density at radius 2 is 2.11 bits per heavy atom. The molecule has 1 saturated carbocycles. The van der Waals surface area contributed by atoms with Crippen molar-refractivity contribution in [3.8, 4) is 0 Å². The summed E-state index contributed by atoms with van der Waals surface area (Å²) in [6.07, 6.45) is 2.89. The van der Waals surface area contributed by atoms with Crippen molar-refractivity contribution < 1.29 is 9.53 Å². The summed E-state index contributed by atoms with van der Waals surface area (Å²) < 4.78 is 5.15. The van der Waals surface area contributed by atoms with Crippen molar-refractivity contribution in [2.24, 2.45) is 5.73 Å². The molecule has 0 spiro atoms. The van der Waals surface area contributed by atoms with Gasteiger partial charge in [0.1, 0.15) is 0 Å². The number of carbonyl (C=O) groups is 1. The third-order valence-corrected chi connectivity index (χ3v) is 3.25. The van der Waals surface area contributed by atoms with Crippen molar-refractivity contribution in [3.05, 3.63) is 0 Å². The molecule has 0 aliphatic heterocycles. The van der Waals surface area contributed by atoms with E-state index in [-0.39, 0.29) is 17.5 Å². The van der Waals surface area contributed by atoms with Crippen LogP contribution in [0.4, 0.5) is 0 Å². The molecule has 0 bridgehead atoms. The van der Waals surface area contributed by atoms with Gasteiger partial charge in [0.05, 0.1) is 6.61 Å². The van der Waals surface area contributed by atoms with E-state index in [0.717, 1.165) is 6.54 Å². The highest BCUT2D eigenvalue weighted by Gasteiger charge is 2.34. The fourth-order valence-corrected chi connectivity index (χ4v) is 2.29. The Balaban J connectivity index is 2.51. The molecule has 0 aromatic carbocycles. The Morgan fingerprint density at radius 3 is 2.53 bits per heavy atom. The highest BCUT2D eigenvalue weighted by Crippen LogP contribution is 2.29. The van der Waals surface area contributed by atoms with Gasteiger partial charge in [-0.25, -0.2) is 0 Å². The minimum atomic E-state index is -0.187. The van der Waals surface area contributed by atoms with Crippen LogP contribution >= 0.6 is 0 Å². The first-order chi connectivity index (χ1) is 8.87. The maximum Gasteiger partial charge on any atom is 0.222 e. The summed E-state index contributed by atoms with van der Waals surface area (Å²) in [5.74, 6) is 0.0750. The van der Waals surface area contributed by atoms with Gasteiger partial charge in [-0.3, -0.25) is 9.69 Å². The first kappa shape index (κ1) is 16.4. The van der Waals surface area contributed by atoms with Crippen molar-refractivity contribution in [3.63, 3.8) is 0 Å². The zero-order valence-corrected chi connectivity index (χ0v) is 12.7. The van der Waals surface area contributed by atoms with E-state index in [1.54, 1.807) is 7.11 Å². The van der Waals surface area contributed by atoms with Gasteiger partial charge in [-0.2, -0.15) is 0 Å². The van der Waals surface area contributed by atoms with Crippen LogP contribution in [0.5, 0.6) is 0 Å². The molecule has 1 fully saturated rings. The average molecular weight is 271 g/mol. The van der Waals surface area contributed by atoms with Gasteiger partial charge in [0.15, 0.2) is 0 Å². The molecule has 1 atom stereocenters. The van der Waals surface area contributed by atoms with E-state index < -0.39 is 0 Å². The Bertz CT molecular complexity index is 285. The van der Waals surface area contributed by atoms with Crippen LogP contribution in [0.1, 0.15) is 40.0 Å².